The highest BCUT2D eigenvalue weighted by Gasteiger charge is 2.39. The van der Waals surface area contributed by atoms with Crippen LogP contribution in [0.4, 0.5) is 0 Å². The normalized spacial score (nSPS) is 23.4. The van der Waals surface area contributed by atoms with Gasteiger partial charge in [-0.05, 0) is 24.3 Å². The van der Waals surface area contributed by atoms with E-state index in [4.69, 9.17) is 0 Å². The Labute approximate surface area is 110 Å². The molecule has 0 radical (unpaired) electrons. The van der Waals surface area contributed by atoms with Crippen LogP contribution in [-0.2, 0) is 16.0 Å². The minimum absolute atomic E-state index is 0.00515. The molecule has 3 rings (SSSR count). The first-order chi connectivity index (χ1) is 8.72. The van der Waals surface area contributed by atoms with Gasteiger partial charge >= 0.3 is 0 Å². The zero-order valence-corrected chi connectivity index (χ0v) is 10.9. The van der Waals surface area contributed by atoms with E-state index >= 15 is 0 Å². The minimum atomic E-state index is 0.00515. The first-order valence-electron chi connectivity index (χ1n) is 6.33. The van der Waals surface area contributed by atoms with Gasteiger partial charge in [-0.15, -0.1) is 11.3 Å². The van der Waals surface area contributed by atoms with Gasteiger partial charge in [0, 0.05) is 23.9 Å². The Bertz CT molecular complexity index is 454. The SMILES string of the molecule is O=C(Cc1cccs1)N[C@H]1CC(=O)N(C2CC2)C1. The number of rotatable bonds is 4. The summed E-state index contributed by atoms with van der Waals surface area (Å²) in [4.78, 5) is 26.6. The summed E-state index contributed by atoms with van der Waals surface area (Å²) in [7, 11) is 0. The van der Waals surface area contributed by atoms with Gasteiger partial charge in [-0.1, -0.05) is 6.07 Å². The Kier molecular flexibility index (Phi) is 3.07. The first-order valence-corrected chi connectivity index (χ1v) is 7.21. The number of carbonyl (C=O) groups is 2. The molecular weight excluding hydrogens is 248 g/mol. The van der Waals surface area contributed by atoms with Crippen molar-refractivity contribution in [1.29, 1.82) is 0 Å². The molecule has 1 aromatic heterocycles. The smallest absolute Gasteiger partial charge is 0.225 e. The number of thiophene rings is 1. The molecule has 2 aliphatic rings. The second kappa shape index (κ2) is 4.72. The minimum Gasteiger partial charge on any atom is -0.351 e. The Balaban J connectivity index is 1.51. The highest BCUT2D eigenvalue weighted by atomic mass is 32.1. The molecule has 5 heteroatoms. The number of nitrogens with zero attached hydrogens (tertiary/aromatic N) is 1. The average molecular weight is 264 g/mol. The molecule has 1 saturated heterocycles. The van der Waals surface area contributed by atoms with E-state index < -0.39 is 0 Å². The number of amides is 2. The van der Waals surface area contributed by atoms with E-state index in [1.807, 2.05) is 22.4 Å². The van der Waals surface area contributed by atoms with Crippen LogP contribution in [0.15, 0.2) is 17.5 Å². The lowest BCUT2D eigenvalue weighted by molar-refractivity contribution is -0.128. The van der Waals surface area contributed by atoms with Crippen molar-refractivity contribution >= 4 is 23.2 Å². The second-order valence-corrected chi connectivity index (χ2v) is 6.03. The highest BCUT2D eigenvalue weighted by Crippen LogP contribution is 2.30. The summed E-state index contributed by atoms with van der Waals surface area (Å²) in [5.74, 6) is 0.215. The molecule has 0 bridgehead atoms. The molecule has 1 aliphatic carbocycles. The van der Waals surface area contributed by atoms with Crippen molar-refractivity contribution in [3.63, 3.8) is 0 Å². The lowest BCUT2D eigenvalue weighted by Crippen LogP contribution is -2.38. The Morgan fingerprint density at radius 3 is 3.00 bits per heavy atom. The van der Waals surface area contributed by atoms with Gasteiger partial charge in [0.25, 0.3) is 0 Å². The van der Waals surface area contributed by atoms with Crippen molar-refractivity contribution in [2.75, 3.05) is 6.54 Å². The molecule has 1 atom stereocenters. The van der Waals surface area contributed by atoms with Crippen LogP contribution in [0.1, 0.15) is 24.1 Å². The lowest BCUT2D eigenvalue weighted by atomic mass is 10.2. The van der Waals surface area contributed by atoms with E-state index in [0.29, 0.717) is 25.4 Å². The Hall–Kier alpha value is -1.36. The molecule has 0 spiro atoms. The topological polar surface area (TPSA) is 49.4 Å². The summed E-state index contributed by atoms with van der Waals surface area (Å²) >= 11 is 1.59. The van der Waals surface area contributed by atoms with Gasteiger partial charge < -0.3 is 10.2 Å². The summed E-state index contributed by atoms with van der Waals surface area (Å²) in [6.45, 7) is 0.694. The van der Waals surface area contributed by atoms with Gasteiger partial charge in [-0.2, -0.15) is 0 Å². The standard InChI is InChI=1S/C13H16N2O2S/c16-12(7-11-2-1-5-18-11)14-9-6-13(17)15(8-9)10-3-4-10/h1-2,5,9-10H,3-4,6-8H2,(H,14,16)/t9-/m0/s1. The second-order valence-electron chi connectivity index (χ2n) is 5.00. The quantitative estimate of drug-likeness (QED) is 0.887. The molecule has 2 heterocycles. The average Bonchev–Trinajstić information content (AvgIpc) is 2.92. The van der Waals surface area contributed by atoms with Crippen LogP contribution in [0.5, 0.6) is 0 Å². The Morgan fingerprint density at radius 1 is 1.50 bits per heavy atom. The largest absolute Gasteiger partial charge is 0.351 e. The fourth-order valence-electron chi connectivity index (χ4n) is 2.42. The summed E-state index contributed by atoms with van der Waals surface area (Å²) in [5, 5.41) is 4.93. The number of nitrogens with one attached hydrogen (secondary N) is 1. The molecule has 1 saturated carbocycles. The first kappa shape index (κ1) is 11.7. The summed E-state index contributed by atoms with van der Waals surface area (Å²) < 4.78 is 0. The molecule has 2 amide bonds. The number of carbonyl (C=O) groups excluding carboxylic acids is 2. The predicted octanol–water partition coefficient (Wildman–Crippen LogP) is 1.17. The lowest BCUT2D eigenvalue weighted by Gasteiger charge is -2.16. The fourth-order valence-corrected chi connectivity index (χ4v) is 3.12. The van der Waals surface area contributed by atoms with Gasteiger partial charge in [0.15, 0.2) is 0 Å². The summed E-state index contributed by atoms with van der Waals surface area (Å²) in [6.07, 6.45) is 3.14. The van der Waals surface area contributed by atoms with E-state index in [9.17, 15) is 9.59 Å². The van der Waals surface area contributed by atoms with Crippen LogP contribution >= 0.6 is 11.3 Å². The van der Waals surface area contributed by atoms with Crippen molar-refractivity contribution in [3.05, 3.63) is 22.4 Å². The van der Waals surface area contributed by atoms with Gasteiger partial charge in [-0.25, -0.2) is 0 Å². The van der Waals surface area contributed by atoms with Gasteiger partial charge in [0.2, 0.25) is 11.8 Å². The number of likely N-dealkylation sites (tertiary alicyclic amines) is 1. The Morgan fingerprint density at radius 2 is 2.33 bits per heavy atom. The highest BCUT2D eigenvalue weighted by molar-refractivity contribution is 7.10. The van der Waals surface area contributed by atoms with Crippen molar-refractivity contribution in [1.82, 2.24) is 10.2 Å². The predicted molar refractivity (Wildman–Crippen MR) is 69.3 cm³/mol. The van der Waals surface area contributed by atoms with Crippen molar-refractivity contribution in [2.24, 2.45) is 0 Å². The van der Waals surface area contributed by atoms with E-state index in [1.165, 1.54) is 0 Å². The van der Waals surface area contributed by atoms with E-state index in [0.717, 1.165) is 17.7 Å². The molecule has 4 nitrogen and oxygen atoms in total. The molecule has 2 fully saturated rings. The zero-order chi connectivity index (χ0) is 12.5. The van der Waals surface area contributed by atoms with Crippen LogP contribution in [0, 0.1) is 0 Å². The van der Waals surface area contributed by atoms with Crippen LogP contribution in [0.3, 0.4) is 0 Å². The van der Waals surface area contributed by atoms with Crippen molar-refractivity contribution < 1.29 is 9.59 Å². The van der Waals surface area contributed by atoms with Crippen LogP contribution < -0.4 is 5.32 Å². The molecule has 96 valence electrons. The summed E-state index contributed by atoms with van der Waals surface area (Å²) in [5.41, 5.74) is 0. The third kappa shape index (κ3) is 2.56. The maximum Gasteiger partial charge on any atom is 0.225 e. The molecule has 1 aliphatic heterocycles. The zero-order valence-electron chi connectivity index (χ0n) is 10.1. The van der Waals surface area contributed by atoms with Gasteiger partial charge in [-0.3, -0.25) is 9.59 Å². The van der Waals surface area contributed by atoms with Crippen molar-refractivity contribution in [3.8, 4) is 0 Å². The van der Waals surface area contributed by atoms with Crippen molar-refractivity contribution in [2.45, 2.75) is 37.8 Å². The molecule has 0 aromatic carbocycles. The maximum absolute atomic E-state index is 11.8. The molecule has 1 aromatic rings. The molecule has 0 unspecified atom stereocenters. The van der Waals surface area contributed by atoms with Crippen LogP contribution in [0.2, 0.25) is 0 Å². The third-order valence-electron chi connectivity index (χ3n) is 3.43. The van der Waals surface area contributed by atoms with Gasteiger partial charge in [0.05, 0.1) is 12.5 Å². The van der Waals surface area contributed by atoms with E-state index in [1.54, 1.807) is 11.3 Å². The number of hydrogen-bond donors (Lipinski definition) is 1. The van der Waals surface area contributed by atoms with E-state index in [2.05, 4.69) is 5.32 Å². The molecule has 1 N–H and O–H groups in total. The summed E-state index contributed by atoms with van der Waals surface area (Å²) in [6, 6.07) is 4.36. The number of hydrogen-bond acceptors (Lipinski definition) is 3. The molecular formula is C13H16N2O2S. The molecule has 18 heavy (non-hydrogen) atoms. The van der Waals surface area contributed by atoms with Crippen LogP contribution in [-0.4, -0.2) is 35.3 Å². The van der Waals surface area contributed by atoms with E-state index in [-0.39, 0.29) is 17.9 Å². The third-order valence-corrected chi connectivity index (χ3v) is 4.30. The monoisotopic (exact) mass is 264 g/mol. The van der Waals surface area contributed by atoms with Gasteiger partial charge in [0.1, 0.15) is 0 Å². The maximum atomic E-state index is 11.8. The van der Waals surface area contributed by atoms with Crippen LogP contribution in [0.25, 0.3) is 0 Å². The fraction of sp³-hybridized carbons (Fsp3) is 0.538.